The van der Waals surface area contributed by atoms with E-state index in [1.54, 1.807) is 19.2 Å². The number of nitrogens with one attached hydrogen (secondary N) is 2. The maximum absolute atomic E-state index is 13.4. The fourth-order valence-corrected chi connectivity index (χ4v) is 3.13. The van der Waals surface area contributed by atoms with Gasteiger partial charge in [-0.1, -0.05) is 19.1 Å². The molecule has 0 aliphatic heterocycles. The van der Waals surface area contributed by atoms with E-state index in [0.717, 1.165) is 29.2 Å². The van der Waals surface area contributed by atoms with Crippen LogP contribution in [0.4, 0.5) is 4.39 Å². The van der Waals surface area contributed by atoms with Crippen molar-refractivity contribution in [2.45, 2.75) is 39.8 Å². The standard InChI is InChI=1S/C23H29FN6O/c1-5-20(31-21-8-6-7-19(24)12-21)15-28-23(25-4)27-14-18-9-10-22(26-13-18)30-17(3)11-16(2)29-30/h6-13,20H,5,14-15H2,1-4H3,(H2,25,27,28). The average molecular weight is 425 g/mol. The van der Waals surface area contributed by atoms with E-state index in [4.69, 9.17) is 4.74 Å². The van der Waals surface area contributed by atoms with Gasteiger partial charge >= 0.3 is 0 Å². The highest BCUT2D eigenvalue weighted by Gasteiger charge is 2.10. The normalized spacial score (nSPS) is 12.5. The van der Waals surface area contributed by atoms with Gasteiger partial charge < -0.3 is 15.4 Å². The van der Waals surface area contributed by atoms with Crippen molar-refractivity contribution in [3.63, 3.8) is 0 Å². The molecule has 0 aliphatic rings. The van der Waals surface area contributed by atoms with Gasteiger partial charge in [-0.3, -0.25) is 4.99 Å². The maximum Gasteiger partial charge on any atom is 0.191 e. The molecule has 0 spiro atoms. The number of benzene rings is 1. The van der Waals surface area contributed by atoms with E-state index in [0.29, 0.717) is 24.8 Å². The smallest absolute Gasteiger partial charge is 0.191 e. The summed E-state index contributed by atoms with van der Waals surface area (Å²) >= 11 is 0. The molecule has 31 heavy (non-hydrogen) atoms. The molecule has 8 heteroatoms. The molecule has 164 valence electrons. The van der Waals surface area contributed by atoms with Crippen LogP contribution in [0.25, 0.3) is 5.82 Å². The molecular weight excluding hydrogens is 395 g/mol. The first-order valence-electron chi connectivity index (χ1n) is 10.3. The van der Waals surface area contributed by atoms with Gasteiger partial charge in [0, 0.05) is 31.5 Å². The number of hydrogen-bond acceptors (Lipinski definition) is 4. The number of halogens is 1. The summed E-state index contributed by atoms with van der Waals surface area (Å²) in [5.74, 6) is 1.65. The van der Waals surface area contributed by atoms with Crippen LogP contribution in [0.1, 0.15) is 30.3 Å². The number of ether oxygens (including phenoxy) is 1. The second kappa shape index (κ2) is 10.6. The average Bonchev–Trinajstić information content (AvgIpc) is 3.11. The number of aromatic nitrogens is 3. The summed E-state index contributed by atoms with van der Waals surface area (Å²) in [5, 5.41) is 11.0. The molecule has 2 heterocycles. The molecular formula is C23H29FN6O. The second-order valence-electron chi connectivity index (χ2n) is 7.28. The molecule has 0 saturated carbocycles. The van der Waals surface area contributed by atoms with Crippen molar-refractivity contribution < 1.29 is 9.13 Å². The molecule has 0 fully saturated rings. The Morgan fingerprint density at radius 2 is 2.03 bits per heavy atom. The summed E-state index contributed by atoms with van der Waals surface area (Å²) in [6, 6.07) is 12.2. The maximum atomic E-state index is 13.4. The zero-order valence-corrected chi connectivity index (χ0v) is 18.4. The van der Waals surface area contributed by atoms with Crippen molar-refractivity contribution in [3.05, 3.63) is 71.4 Å². The topological polar surface area (TPSA) is 76.4 Å². The number of nitrogens with zero attached hydrogens (tertiary/aromatic N) is 4. The Labute approximate surface area is 182 Å². The SMILES string of the molecule is CCC(CNC(=NC)NCc1ccc(-n2nc(C)cc2C)nc1)Oc1cccc(F)c1. The molecule has 2 N–H and O–H groups in total. The Hall–Kier alpha value is -3.42. The number of aryl methyl sites for hydroxylation is 2. The monoisotopic (exact) mass is 424 g/mol. The highest BCUT2D eigenvalue weighted by Crippen LogP contribution is 2.15. The Balaban J connectivity index is 1.51. The minimum atomic E-state index is -0.310. The molecule has 0 amide bonds. The Kier molecular flexibility index (Phi) is 7.59. The van der Waals surface area contributed by atoms with E-state index >= 15 is 0 Å². The Bertz CT molecular complexity index is 1020. The number of hydrogen-bond donors (Lipinski definition) is 2. The first kappa shape index (κ1) is 22.3. The Morgan fingerprint density at radius 3 is 2.65 bits per heavy atom. The van der Waals surface area contributed by atoms with Crippen LogP contribution in [-0.2, 0) is 6.54 Å². The number of pyridine rings is 1. The largest absolute Gasteiger partial charge is 0.489 e. The summed E-state index contributed by atoms with van der Waals surface area (Å²) in [4.78, 5) is 8.77. The fourth-order valence-electron chi connectivity index (χ4n) is 3.13. The minimum absolute atomic E-state index is 0.109. The van der Waals surface area contributed by atoms with E-state index in [9.17, 15) is 4.39 Å². The van der Waals surface area contributed by atoms with Gasteiger partial charge in [0.15, 0.2) is 11.8 Å². The van der Waals surface area contributed by atoms with Crippen molar-refractivity contribution in [2.24, 2.45) is 4.99 Å². The lowest BCUT2D eigenvalue weighted by molar-refractivity contribution is 0.199. The van der Waals surface area contributed by atoms with Crippen LogP contribution < -0.4 is 15.4 Å². The lowest BCUT2D eigenvalue weighted by Crippen LogP contribution is -2.42. The molecule has 0 bridgehead atoms. The van der Waals surface area contributed by atoms with Gasteiger partial charge in [-0.15, -0.1) is 0 Å². The second-order valence-corrected chi connectivity index (χ2v) is 7.28. The van der Waals surface area contributed by atoms with E-state index in [2.05, 4.69) is 25.7 Å². The van der Waals surface area contributed by atoms with E-state index in [1.165, 1.54) is 12.1 Å². The summed E-state index contributed by atoms with van der Waals surface area (Å²) < 4.78 is 21.1. The van der Waals surface area contributed by atoms with E-state index in [-0.39, 0.29) is 11.9 Å². The molecule has 3 aromatic rings. The molecule has 3 rings (SSSR count). The van der Waals surface area contributed by atoms with Gasteiger partial charge in [-0.2, -0.15) is 5.10 Å². The lowest BCUT2D eigenvalue weighted by Gasteiger charge is -2.20. The molecule has 7 nitrogen and oxygen atoms in total. The van der Waals surface area contributed by atoms with Gasteiger partial charge in [-0.05, 0) is 50.1 Å². The van der Waals surface area contributed by atoms with Crippen LogP contribution in [0.15, 0.2) is 53.7 Å². The van der Waals surface area contributed by atoms with Crippen LogP contribution in [0, 0.1) is 19.7 Å². The minimum Gasteiger partial charge on any atom is -0.489 e. The van der Waals surface area contributed by atoms with E-state index in [1.807, 2.05) is 49.8 Å². The number of rotatable bonds is 8. The van der Waals surface area contributed by atoms with Crippen LogP contribution in [0.3, 0.4) is 0 Å². The molecule has 1 atom stereocenters. The van der Waals surface area contributed by atoms with Crippen molar-refractivity contribution >= 4 is 5.96 Å². The molecule has 0 aliphatic carbocycles. The van der Waals surface area contributed by atoms with Crippen LogP contribution >= 0.6 is 0 Å². The fraction of sp³-hybridized carbons (Fsp3) is 0.348. The summed E-state index contributed by atoms with van der Waals surface area (Å²) in [6.45, 7) is 7.12. The Morgan fingerprint density at radius 1 is 1.19 bits per heavy atom. The van der Waals surface area contributed by atoms with Crippen molar-refractivity contribution in [1.82, 2.24) is 25.4 Å². The third-order valence-electron chi connectivity index (χ3n) is 4.77. The predicted molar refractivity (Wildman–Crippen MR) is 120 cm³/mol. The number of guanidine groups is 1. The molecule has 0 saturated heterocycles. The van der Waals surface area contributed by atoms with Gasteiger partial charge in [0.2, 0.25) is 0 Å². The highest BCUT2D eigenvalue weighted by atomic mass is 19.1. The zero-order chi connectivity index (χ0) is 22.2. The van der Waals surface area contributed by atoms with Crippen molar-refractivity contribution in [3.8, 4) is 11.6 Å². The zero-order valence-electron chi connectivity index (χ0n) is 18.4. The third kappa shape index (κ3) is 6.28. The molecule has 0 radical (unpaired) electrons. The van der Waals surface area contributed by atoms with Crippen LogP contribution in [0.2, 0.25) is 0 Å². The van der Waals surface area contributed by atoms with Crippen molar-refractivity contribution in [2.75, 3.05) is 13.6 Å². The first-order valence-corrected chi connectivity index (χ1v) is 10.3. The summed E-state index contributed by atoms with van der Waals surface area (Å²) in [7, 11) is 1.72. The summed E-state index contributed by atoms with van der Waals surface area (Å²) in [6.07, 6.45) is 2.49. The van der Waals surface area contributed by atoms with E-state index < -0.39 is 0 Å². The summed E-state index contributed by atoms with van der Waals surface area (Å²) in [5.41, 5.74) is 3.04. The first-order chi connectivity index (χ1) is 15.0. The quantitative estimate of drug-likeness (QED) is 0.427. The number of aliphatic imine (C=N–C) groups is 1. The molecule has 1 aromatic carbocycles. The van der Waals surface area contributed by atoms with Gasteiger partial charge in [0.1, 0.15) is 17.7 Å². The van der Waals surface area contributed by atoms with Crippen molar-refractivity contribution in [1.29, 1.82) is 0 Å². The highest BCUT2D eigenvalue weighted by molar-refractivity contribution is 5.79. The third-order valence-corrected chi connectivity index (χ3v) is 4.77. The molecule has 1 unspecified atom stereocenters. The predicted octanol–water partition coefficient (Wildman–Crippen LogP) is 3.55. The van der Waals surface area contributed by atoms with Crippen LogP contribution in [0.5, 0.6) is 5.75 Å². The van der Waals surface area contributed by atoms with Crippen LogP contribution in [-0.4, -0.2) is 40.4 Å². The molecule has 2 aromatic heterocycles. The van der Waals surface area contributed by atoms with Gasteiger partial charge in [0.25, 0.3) is 0 Å². The lowest BCUT2D eigenvalue weighted by atomic mass is 10.2. The van der Waals surface area contributed by atoms with Gasteiger partial charge in [-0.25, -0.2) is 14.1 Å². The van der Waals surface area contributed by atoms with Gasteiger partial charge in [0.05, 0.1) is 12.2 Å².